The summed E-state index contributed by atoms with van der Waals surface area (Å²) in [6.45, 7) is 0. The molecule has 0 saturated carbocycles. The van der Waals surface area contributed by atoms with Crippen molar-refractivity contribution < 1.29 is 28.5 Å². The van der Waals surface area contributed by atoms with Crippen LogP contribution < -0.4 is 18.9 Å². The van der Waals surface area contributed by atoms with Gasteiger partial charge in [0.15, 0.2) is 23.0 Å². The van der Waals surface area contributed by atoms with Gasteiger partial charge < -0.3 is 18.9 Å². The molecule has 166 valence electrons. The number of aryl methyl sites for hydroxylation is 2. The van der Waals surface area contributed by atoms with Gasteiger partial charge in [0.05, 0.1) is 28.4 Å². The average Bonchev–Trinajstić information content (AvgIpc) is 2.85. The maximum absolute atomic E-state index is 12.8. The van der Waals surface area contributed by atoms with E-state index in [2.05, 4.69) is 0 Å². The fraction of sp³-hybridized carbons (Fsp3) is 0.231. The number of methoxy groups -OCH3 is 4. The zero-order valence-corrected chi connectivity index (χ0v) is 18.6. The second kappa shape index (κ2) is 10.5. The van der Waals surface area contributed by atoms with Crippen LogP contribution in [-0.4, -0.2) is 40.0 Å². The van der Waals surface area contributed by atoms with Crippen LogP contribution in [0, 0.1) is 0 Å². The van der Waals surface area contributed by atoms with Crippen molar-refractivity contribution in [3.8, 4) is 23.0 Å². The lowest BCUT2D eigenvalue weighted by atomic mass is 9.97. The maximum Gasteiger partial charge on any atom is 0.233 e. The summed E-state index contributed by atoms with van der Waals surface area (Å²) in [5.74, 6) is 1.09. The van der Waals surface area contributed by atoms with E-state index in [9.17, 15) is 9.59 Å². The first-order valence-electron chi connectivity index (χ1n) is 10.1. The van der Waals surface area contributed by atoms with E-state index in [1.807, 2.05) is 24.3 Å². The van der Waals surface area contributed by atoms with Gasteiger partial charge in [-0.3, -0.25) is 9.59 Å². The number of carbonyl (C=O) groups is 2. The van der Waals surface area contributed by atoms with Gasteiger partial charge in [-0.15, -0.1) is 0 Å². The summed E-state index contributed by atoms with van der Waals surface area (Å²) in [5, 5.41) is 0. The van der Waals surface area contributed by atoms with Crippen LogP contribution in [0.4, 0.5) is 0 Å². The first-order chi connectivity index (χ1) is 15.5. The second-order valence-corrected chi connectivity index (χ2v) is 7.12. The van der Waals surface area contributed by atoms with Crippen LogP contribution in [0.3, 0.4) is 0 Å². The Balaban J connectivity index is 1.74. The third-order valence-electron chi connectivity index (χ3n) is 5.19. The summed E-state index contributed by atoms with van der Waals surface area (Å²) in [4.78, 5) is 25.6. The molecule has 0 aliphatic carbocycles. The molecule has 0 amide bonds. The predicted octanol–water partition coefficient (Wildman–Crippen LogP) is 4.57. The third kappa shape index (κ3) is 5.09. The first kappa shape index (κ1) is 22.9. The third-order valence-corrected chi connectivity index (χ3v) is 5.19. The molecule has 6 heteroatoms. The molecule has 0 radical (unpaired) electrons. The van der Waals surface area contributed by atoms with Crippen LogP contribution in [-0.2, 0) is 12.8 Å². The predicted molar refractivity (Wildman–Crippen MR) is 122 cm³/mol. The number of rotatable bonds is 10. The number of Topliss-reactive ketones (excluding diaryl/α,β-unsaturated/α-hetero) is 2. The second-order valence-electron chi connectivity index (χ2n) is 7.12. The molecule has 0 atom stereocenters. The maximum atomic E-state index is 12.8. The molecular weight excluding hydrogens is 408 g/mol. The van der Waals surface area contributed by atoms with Gasteiger partial charge in [-0.05, 0) is 60.4 Å². The average molecular weight is 434 g/mol. The van der Waals surface area contributed by atoms with Crippen LogP contribution in [0.15, 0.2) is 60.7 Å². The number of benzene rings is 3. The summed E-state index contributed by atoms with van der Waals surface area (Å²) in [6.07, 6.45) is 1.46. The van der Waals surface area contributed by atoms with Crippen molar-refractivity contribution in [2.24, 2.45) is 0 Å². The standard InChI is InChI=1S/C26H26O6/c1-29-21-12-10-18(15-23(21)31-3)9-8-17-6-5-7-19(14-17)25(27)26(28)20-11-13-22(30-2)24(16-20)32-4/h5-7,10-16H,8-9H2,1-4H3. The Morgan fingerprint density at radius 3 is 1.66 bits per heavy atom. The highest BCUT2D eigenvalue weighted by molar-refractivity contribution is 6.49. The summed E-state index contributed by atoms with van der Waals surface area (Å²) >= 11 is 0. The van der Waals surface area contributed by atoms with Crippen molar-refractivity contribution in [3.05, 3.63) is 82.9 Å². The van der Waals surface area contributed by atoms with Crippen molar-refractivity contribution in [1.29, 1.82) is 0 Å². The van der Waals surface area contributed by atoms with Crippen molar-refractivity contribution in [2.45, 2.75) is 12.8 Å². The summed E-state index contributed by atoms with van der Waals surface area (Å²) in [6, 6.07) is 17.6. The molecule has 0 aliphatic rings. The molecule has 0 unspecified atom stereocenters. The van der Waals surface area contributed by atoms with Crippen LogP contribution in [0.5, 0.6) is 23.0 Å². The number of ether oxygens (including phenoxy) is 4. The number of carbonyl (C=O) groups excluding carboxylic acids is 2. The van der Waals surface area contributed by atoms with Gasteiger partial charge >= 0.3 is 0 Å². The van der Waals surface area contributed by atoms with Gasteiger partial charge in [0.1, 0.15) is 0 Å². The monoisotopic (exact) mass is 434 g/mol. The van der Waals surface area contributed by atoms with Gasteiger partial charge in [0.25, 0.3) is 0 Å². The molecule has 0 heterocycles. The molecule has 0 fully saturated rings. The fourth-order valence-electron chi connectivity index (χ4n) is 3.43. The molecule has 3 aromatic rings. The number of hydrogen-bond donors (Lipinski definition) is 0. The first-order valence-corrected chi connectivity index (χ1v) is 10.1. The molecule has 0 saturated heterocycles. The van der Waals surface area contributed by atoms with Gasteiger partial charge in [0.2, 0.25) is 11.6 Å². The van der Waals surface area contributed by atoms with Crippen molar-refractivity contribution in [1.82, 2.24) is 0 Å². The summed E-state index contributed by atoms with van der Waals surface area (Å²) in [7, 11) is 6.20. The lowest BCUT2D eigenvalue weighted by Crippen LogP contribution is -2.15. The minimum Gasteiger partial charge on any atom is -0.493 e. The van der Waals surface area contributed by atoms with E-state index in [0.29, 0.717) is 35.0 Å². The van der Waals surface area contributed by atoms with Crippen LogP contribution >= 0.6 is 0 Å². The Morgan fingerprint density at radius 1 is 0.562 bits per heavy atom. The molecule has 3 rings (SSSR count). The van der Waals surface area contributed by atoms with Crippen molar-refractivity contribution in [2.75, 3.05) is 28.4 Å². The van der Waals surface area contributed by atoms with E-state index in [0.717, 1.165) is 17.5 Å². The van der Waals surface area contributed by atoms with Crippen molar-refractivity contribution in [3.63, 3.8) is 0 Å². The van der Waals surface area contributed by atoms with E-state index in [1.165, 1.54) is 20.3 Å². The fourth-order valence-corrected chi connectivity index (χ4v) is 3.43. The largest absolute Gasteiger partial charge is 0.493 e. The molecule has 0 bridgehead atoms. The highest BCUT2D eigenvalue weighted by atomic mass is 16.5. The van der Waals surface area contributed by atoms with Gasteiger partial charge in [-0.25, -0.2) is 0 Å². The van der Waals surface area contributed by atoms with Gasteiger partial charge in [0, 0.05) is 11.1 Å². The van der Waals surface area contributed by atoms with E-state index in [4.69, 9.17) is 18.9 Å². The quantitative estimate of drug-likeness (QED) is 0.344. The van der Waals surface area contributed by atoms with E-state index >= 15 is 0 Å². The van der Waals surface area contributed by atoms with Crippen molar-refractivity contribution >= 4 is 11.6 Å². The molecule has 3 aromatic carbocycles. The van der Waals surface area contributed by atoms with Gasteiger partial charge in [-0.2, -0.15) is 0 Å². The highest BCUT2D eigenvalue weighted by Crippen LogP contribution is 2.29. The minimum atomic E-state index is -0.594. The molecule has 6 nitrogen and oxygen atoms in total. The molecule has 0 spiro atoms. The number of ketones is 2. The van der Waals surface area contributed by atoms with E-state index < -0.39 is 11.6 Å². The lowest BCUT2D eigenvalue weighted by molar-refractivity contribution is 0.0816. The molecule has 0 aromatic heterocycles. The van der Waals surface area contributed by atoms with Crippen LogP contribution in [0.25, 0.3) is 0 Å². The molecule has 32 heavy (non-hydrogen) atoms. The Morgan fingerprint density at radius 2 is 1.06 bits per heavy atom. The number of hydrogen-bond acceptors (Lipinski definition) is 6. The Hall–Kier alpha value is -3.80. The molecule has 0 aliphatic heterocycles. The Labute approximate surface area is 187 Å². The molecule has 0 N–H and O–H groups in total. The SMILES string of the molecule is COc1ccc(CCc2cccc(C(=O)C(=O)c3ccc(OC)c(OC)c3)c2)cc1OC. The van der Waals surface area contributed by atoms with E-state index in [-0.39, 0.29) is 5.56 Å². The summed E-state index contributed by atoms with van der Waals surface area (Å²) in [5.41, 5.74) is 2.66. The smallest absolute Gasteiger partial charge is 0.233 e. The Kier molecular flexibility index (Phi) is 7.49. The summed E-state index contributed by atoms with van der Waals surface area (Å²) < 4.78 is 21.0. The zero-order valence-electron chi connectivity index (χ0n) is 18.6. The molecular formula is C26H26O6. The normalized spacial score (nSPS) is 10.4. The highest BCUT2D eigenvalue weighted by Gasteiger charge is 2.20. The van der Waals surface area contributed by atoms with E-state index in [1.54, 1.807) is 44.6 Å². The Bertz CT molecular complexity index is 1120. The lowest BCUT2D eigenvalue weighted by Gasteiger charge is -2.10. The van der Waals surface area contributed by atoms with Gasteiger partial charge in [-0.1, -0.05) is 24.3 Å². The minimum absolute atomic E-state index is 0.253. The van der Waals surface area contributed by atoms with Crippen LogP contribution in [0.1, 0.15) is 31.8 Å². The zero-order chi connectivity index (χ0) is 23.1. The topological polar surface area (TPSA) is 71.1 Å². The van der Waals surface area contributed by atoms with Crippen LogP contribution in [0.2, 0.25) is 0 Å².